The van der Waals surface area contributed by atoms with Crippen LogP contribution in [0.1, 0.15) is 99.5 Å². The predicted octanol–water partition coefficient (Wildman–Crippen LogP) is 10.1. The summed E-state index contributed by atoms with van der Waals surface area (Å²) in [6.45, 7) is 11.5. The molecule has 1 heterocycles. The fraction of sp³-hybridized carbons (Fsp3) is 0.348. The Morgan fingerprint density at radius 3 is 1.57 bits per heavy atom. The number of carbonyl (C=O) groups is 4. The van der Waals surface area contributed by atoms with E-state index < -0.39 is 0 Å². The summed E-state index contributed by atoms with van der Waals surface area (Å²) in [5.41, 5.74) is 6.42. The number of hydrogen-bond donors (Lipinski definition) is 5. The Kier molecular flexibility index (Phi) is 17.8. The van der Waals surface area contributed by atoms with E-state index in [0.717, 1.165) is 48.4 Å². The first-order valence-corrected chi connectivity index (χ1v) is 19.8. The highest BCUT2D eigenvalue weighted by atomic mass is 16.2. The highest BCUT2D eigenvalue weighted by Gasteiger charge is 2.16. The molecule has 6 rings (SSSR count). The van der Waals surface area contributed by atoms with Crippen molar-refractivity contribution in [2.75, 3.05) is 46.2 Å². The maximum Gasteiger partial charge on any atom is 0.255 e. The second kappa shape index (κ2) is 23.2. The minimum absolute atomic E-state index is 0.0607. The lowest BCUT2D eigenvalue weighted by molar-refractivity contribution is -0.117. The number of para-hydroxylation sites is 2. The van der Waals surface area contributed by atoms with Crippen LogP contribution in [-0.2, 0) is 14.4 Å². The zero-order valence-electron chi connectivity index (χ0n) is 33.2. The molecule has 4 amide bonds. The Hall–Kier alpha value is -5.74. The van der Waals surface area contributed by atoms with Crippen molar-refractivity contribution in [1.29, 1.82) is 0 Å². The topological polar surface area (TPSA) is 132 Å². The van der Waals surface area contributed by atoms with Gasteiger partial charge in [0.1, 0.15) is 0 Å². The van der Waals surface area contributed by atoms with E-state index in [0.29, 0.717) is 41.3 Å². The Balaban J connectivity index is 0.000000217. The normalized spacial score (nSPS) is 13.6. The molecule has 4 aromatic rings. The smallest absolute Gasteiger partial charge is 0.255 e. The van der Waals surface area contributed by atoms with E-state index in [9.17, 15) is 19.2 Å². The predicted molar refractivity (Wildman–Crippen MR) is 231 cm³/mol. The van der Waals surface area contributed by atoms with Gasteiger partial charge in [-0.15, -0.1) is 0 Å². The number of anilines is 5. The van der Waals surface area contributed by atoms with E-state index in [1.54, 1.807) is 25.1 Å². The molecular formula is C46H58N6O4. The summed E-state index contributed by atoms with van der Waals surface area (Å²) in [6.07, 6.45) is 13.2. The standard InChI is InChI=1S/C22H26N4O2.C17H18N2O2.C7H14/c1-16(23-19-8-4-3-5-9-19)18-12-20(24-17(2)27)14-21(13-18)25-22(28)15-26-10-6-7-11-26;1-3-16(20)18-15-10-12(2)9-13(11-15)17(21)19-14-7-5-4-6-8-14;1-2-4-6-7-5-3-1/h3-5,8-9,12-14,23H,1,6-7,10-11,15H2,2H3,(H,24,27)(H,25,28);4-11H,3H2,1-2H3,(H,18,20)(H,19,21);1-7H2. The van der Waals surface area contributed by atoms with Crippen LogP contribution in [0.25, 0.3) is 5.70 Å². The van der Waals surface area contributed by atoms with Crippen LogP contribution in [0, 0.1) is 6.92 Å². The largest absolute Gasteiger partial charge is 0.356 e. The van der Waals surface area contributed by atoms with Gasteiger partial charge < -0.3 is 26.6 Å². The third-order valence-corrected chi connectivity index (χ3v) is 9.25. The van der Waals surface area contributed by atoms with Crippen LogP contribution in [0.3, 0.4) is 0 Å². The van der Waals surface area contributed by atoms with Gasteiger partial charge in [0.15, 0.2) is 0 Å². The number of amides is 4. The first kappa shape index (κ1) is 43.0. The van der Waals surface area contributed by atoms with E-state index in [4.69, 9.17) is 0 Å². The SMILES string of the molecule is C1CCCCCC1.C=C(Nc1ccccc1)c1cc(NC(C)=O)cc(NC(=O)CN2CCCC2)c1.CCC(=O)Nc1cc(C)cc(C(=O)Nc2ccccc2)c1. The molecule has 0 radical (unpaired) electrons. The number of aryl methyl sites for hydroxylation is 1. The number of carbonyl (C=O) groups excluding carboxylic acids is 4. The minimum atomic E-state index is -0.197. The minimum Gasteiger partial charge on any atom is -0.356 e. The summed E-state index contributed by atoms with van der Waals surface area (Å²) in [6, 6.07) is 29.7. The molecule has 10 heteroatoms. The summed E-state index contributed by atoms with van der Waals surface area (Å²) < 4.78 is 0. The van der Waals surface area contributed by atoms with E-state index in [1.807, 2.05) is 85.8 Å². The molecule has 1 saturated carbocycles. The van der Waals surface area contributed by atoms with Crippen molar-refractivity contribution in [3.8, 4) is 0 Å². The number of hydrogen-bond acceptors (Lipinski definition) is 6. The molecule has 0 spiro atoms. The van der Waals surface area contributed by atoms with Gasteiger partial charge in [0, 0.05) is 58.6 Å². The molecular weight excluding hydrogens is 701 g/mol. The highest BCUT2D eigenvalue weighted by Crippen LogP contribution is 2.25. The average Bonchev–Trinajstić information content (AvgIpc) is 3.50. The summed E-state index contributed by atoms with van der Waals surface area (Å²) in [7, 11) is 0. The van der Waals surface area contributed by atoms with Gasteiger partial charge in [0.2, 0.25) is 17.7 Å². The Labute approximate surface area is 332 Å². The third kappa shape index (κ3) is 15.9. The van der Waals surface area contributed by atoms with Crippen LogP contribution >= 0.6 is 0 Å². The van der Waals surface area contributed by atoms with Crippen LogP contribution in [0.4, 0.5) is 28.4 Å². The molecule has 2 fully saturated rings. The maximum absolute atomic E-state index is 12.4. The third-order valence-electron chi connectivity index (χ3n) is 9.25. The molecule has 1 aliphatic heterocycles. The Bertz CT molecular complexity index is 1870. The molecule has 1 saturated heterocycles. The molecule has 0 unspecified atom stereocenters. The van der Waals surface area contributed by atoms with Crippen molar-refractivity contribution in [1.82, 2.24) is 4.90 Å². The number of rotatable bonds is 11. The first-order chi connectivity index (χ1) is 27.1. The number of nitrogens with zero attached hydrogens (tertiary/aromatic N) is 1. The summed E-state index contributed by atoms with van der Waals surface area (Å²) in [5, 5.41) is 14.6. The van der Waals surface area contributed by atoms with Crippen LogP contribution in [0.5, 0.6) is 0 Å². The second-order valence-electron chi connectivity index (χ2n) is 14.3. The van der Waals surface area contributed by atoms with Gasteiger partial charge in [0.05, 0.1) is 6.54 Å². The molecule has 56 heavy (non-hydrogen) atoms. The van der Waals surface area contributed by atoms with Crippen molar-refractivity contribution in [3.63, 3.8) is 0 Å². The van der Waals surface area contributed by atoms with Crippen LogP contribution < -0.4 is 26.6 Å². The van der Waals surface area contributed by atoms with Gasteiger partial charge in [-0.2, -0.15) is 0 Å². The summed E-state index contributed by atoms with van der Waals surface area (Å²) in [4.78, 5) is 49.7. The Morgan fingerprint density at radius 2 is 1.04 bits per heavy atom. The lowest BCUT2D eigenvalue weighted by Crippen LogP contribution is -2.30. The molecule has 5 N–H and O–H groups in total. The average molecular weight is 759 g/mol. The van der Waals surface area contributed by atoms with Gasteiger partial charge in [-0.05, 0) is 99.1 Å². The molecule has 2 aliphatic rings. The molecule has 0 atom stereocenters. The first-order valence-electron chi connectivity index (χ1n) is 19.8. The summed E-state index contributed by atoms with van der Waals surface area (Å²) in [5.74, 6) is -0.505. The van der Waals surface area contributed by atoms with E-state index in [-0.39, 0.29) is 23.6 Å². The van der Waals surface area contributed by atoms with Crippen molar-refractivity contribution in [3.05, 3.63) is 120 Å². The van der Waals surface area contributed by atoms with Gasteiger partial charge in [-0.1, -0.05) is 94.8 Å². The summed E-state index contributed by atoms with van der Waals surface area (Å²) >= 11 is 0. The van der Waals surface area contributed by atoms with Gasteiger partial charge in [-0.3, -0.25) is 24.1 Å². The van der Waals surface area contributed by atoms with Crippen molar-refractivity contribution in [2.45, 2.75) is 85.0 Å². The maximum atomic E-state index is 12.4. The molecule has 1 aliphatic carbocycles. The van der Waals surface area contributed by atoms with Crippen molar-refractivity contribution in [2.24, 2.45) is 0 Å². The van der Waals surface area contributed by atoms with Gasteiger partial charge >= 0.3 is 0 Å². The van der Waals surface area contributed by atoms with Gasteiger partial charge in [0.25, 0.3) is 5.91 Å². The van der Waals surface area contributed by atoms with Gasteiger partial charge in [-0.25, -0.2) is 0 Å². The van der Waals surface area contributed by atoms with Crippen LogP contribution in [0.15, 0.2) is 104 Å². The highest BCUT2D eigenvalue weighted by molar-refractivity contribution is 6.05. The molecule has 4 aromatic carbocycles. The molecule has 0 aromatic heterocycles. The Morgan fingerprint density at radius 1 is 0.554 bits per heavy atom. The fourth-order valence-electron chi connectivity index (χ4n) is 6.46. The van der Waals surface area contributed by atoms with E-state index >= 15 is 0 Å². The molecule has 296 valence electrons. The molecule has 10 nitrogen and oxygen atoms in total. The lowest BCUT2D eigenvalue weighted by Gasteiger charge is -2.16. The van der Waals surface area contributed by atoms with Crippen LogP contribution in [0.2, 0.25) is 0 Å². The lowest BCUT2D eigenvalue weighted by atomic mass is 10.1. The zero-order valence-corrected chi connectivity index (χ0v) is 33.2. The quantitative estimate of drug-likeness (QED) is 0.0968. The monoisotopic (exact) mass is 758 g/mol. The number of benzene rings is 4. The van der Waals surface area contributed by atoms with Crippen molar-refractivity contribution >= 4 is 57.8 Å². The fourth-order valence-corrected chi connectivity index (χ4v) is 6.46. The van der Waals surface area contributed by atoms with Crippen LogP contribution in [-0.4, -0.2) is 48.2 Å². The van der Waals surface area contributed by atoms with E-state index in [1.165, 1.54) is 51.9 Å². The number of likely N-dealkylation sites (tertiary alicyclic amines) is 1. The zero-order chi connectivity index (χ0) is 40.1. The van der Waals surface area contributed by atoms with E-state index in [2.05, 4.69) is 38.1 Å². The second-order valence-corrected chi connectivity index (χ2v) is 14.3. The molecule has 0 bridgehead atoms. The van der Waals surface area contributed by atoms with Crippen molar-refractivity contribution < 1.29 is 19.2 Å². The number of nitrogens with one attached hydrogen (secondary N) is 5.